The van der Waals surface area contributed by atoms with Crippen LogP contribution >= 0.6 is 0 Å². The van der Waals surface area contributed by atoms with Crippen LogP contribution in [0.5, 0.6) is 5.75 Å². The van der Waals surface area contributed by atoms with Crippen LogP contribution in [0.25, 0.3) is 5.76 Å². The third-order valence-electron chi connectivity index (χ3n) is 6.24. The zero-order valence-electron chi connectivity index (χ0n) is 21.0. The predicted molar refractivity (Wildman–Crippen MR) is 136 cm³/mol. The van der Waals surface area contributed by atoms with E-state index in [1.807, 2.05) is 45.0 Å². The summed E-state index contributed by atoms with van der Waals surface area (Å²) in [5.41, 5.74) is 3.45. The number of anilines is 1. The fourth-order valence-corrected chi connectivity index (χ4v) is 4.48. The van der Waals surface area contributed by atoms with Crippen molar-refractivity contribution in [3.63, 3.8) is 0 Å². The predicted octanol–water partition coefficient (Wildman–Crippen LogP) is 6.22. The normalized spacial score (nSPS) is 17.8. The van der Waals surface area contributed by atoms with Gasteiger partial charge in [-0.25, -0.2) is 0 Å². The van der Waals surface area contributed by atoms with Crippen molar-refractivity contribution in [3.05, 3.63) is 88.4 Å². The fraction of sp³-hybridized carbons (Fsp3) is 0.310. The summed E-state index contributed by atoms with van der Waals surface area (Å²) >= 11 is 0. The first kappa shape index (κ1) is 24.3. The quantitative estimate of drug-likeness (QED) is 0.270. The van der Waals surface area contributed by atoms with Crippen molar-refractivity contribution in [1.29, 1.82) is 0 Å². The van der Waals surface area contributed by atoms with Crippen LogP contribution in [0.3, 0.4) is 0 Å². The Hall–Kier alpha value is -3.80. The van der Waals surface area contributed by atoms with Gasteiger partial charge in [0, 0.05) is 16.8 Å². The number of Topliss-reactive ketones (excluding diaryl/α,β-unsaturated/α-hetero) is 1. The lowest BCUT2D eigenvalue weighted by atomic mass is 9.84. The lowest BCUT2D eigenvalue weighted by molar-refractivity contribution is -0.132. The SMILES string of the molecule is CCOc1ccc(/C(O)=C2/C(=O)C(=O)N(c3cc(C)ccc3C)C2c2ccco2)cc1C(C)(C)C. The average Bonchev–Trinajstić information content (AvgIpc) is 3.42. The third kappa shape index (κ3) is 4.36. The molecular formula is C29H31NO5. The summed E-state index contributed by atoms with van der Waals surface area (Å²) in [7, 11) is 0. The number of furan rings is 1. The maximum atomic E-state index is 13.4. The molecule has 0 radical (unpaired) electrons. The zero-order valence-corrected chi connectivity index (χ0v) is 21.0. The maximum Gasteiger partial charge on any atom is 0.300 e. The molecule has 0 aliphatic carbocycles. The van der Waals surface area contributed by atoms with Crippen molar-refractivity contribution < 1.29 is 23.8 Å². The van der Waals surface area contributed by atoms with Crippen LogP contribution in [-0.4, -0.2) is 23.4 Å². The molecule has 1 aromatic heterocycles. The van der Waals surface area contributed by atoms with Gasteiger partial charge in [0.25, 0.3) is 11.7 Å². The molecule has 0 bridgehead atoms. The molecule has 1 aliphatic rings. The van der Waals surface area contributed by atoms with Gasteiger partial charge in [0.05, 0.1) is 18.4 Å². The number of hydrogen-bond donors (Lipinski definition) is 1. The van der Waals surface area contributed by atoms with Gasteiger partial charge >= 0.3 is 0 Å². The standard InChI is InChI=1S/C29H31NO5/c1-7-34-22-13-12-19(16-20(22)29(4,5)6)26(31)24-25(23-9-8-14-35-23)30(28(33)27(24)32)21-15-17(2)10-11-18(21)3/h8-16,25,31H,7H2,1-6H3/b26-24-. The second-order valence-electron chi connectivity index (χ2n) is 9.87. The molecule has 0 saturated carbocycles. The van der Waals surface area contributed by atoms with Gasteiger partial charge in [-0.3, -0.25) is 14.5 Å². The molecule has 2 heterocycles. The number of nitrogens with zero attached hydrogens (tertiary/aromatic N) is 1. The number of aliphatic hydroxyl groups is 1. The molecule has 2 aromatic carbocycles. The molecule has 35 heavy (non-hydrogen) atoms. The smallest absolute Gasteiger partial charge is 0.300 e. The minimum absolute atomic E-state index is 0.00475. The molecule has 6 nitrogen and oxygen atoms in total. The Labute approximate surface area is 205 Å². The minimum Gasteiger partial charge on any atom is -0.507 e. The van der Waals surface area contributed by atoms with Crippen molar-refractivity contribution in [2.24, 2.45) is 0 Å². The number of hydrogen-bond acceptors (Lipinski definition) is 5. The summed E-state index contributed by atoms with van der Waals surface area (Å²) in [6, 6.07) is 13.6. The first-order chi connectivity index (χ1) is 16.5. The Morgan fingerprint density at radius 3 is 2.46 bits per heavy atom. The Balaban J connectivity index is 1.94. The van der Waals surface area contributed by atoms with E-state index in [1.165, 1.54) is 11.2 Å². The molecule has 1 fully saturated rings. The van der Waals surface area contributed by atoms with Gasteiger partial charge in [-0.2, -0.15) is 0 Å². The fourth-order valence-electron chi connectivity index (χ4n) is 4.48. The summed E-state index contributed by atoms with van der Waals surface area (Å²) in [6.07, 6.45) is 1.49. The lowest BCUT2D eigenvalue weighted by Gasteiger charge is -2.26. The second kappa shape index (κ2) is 9.10. The Bertz CT molecular complexity index is 1310. The highest BCUT2D eigenvalue weighted by Crippen LogP contribution is 2.44. The molecule has 0 spiro atoms. The number of benzene rings is 2. The molecule has 3 aromatic rings. The lowest BCUT2D eigenvalue weighted by Crippen LogP contribution is -2.30. The average molecular weight is 474 g/mol. The molecule has 6 heteroatoms. The second-order valence-corrected chi connectivity index (χ2v) is 9.87. The van der Waals surface area contributed by atoms with Crippen molar-refractivity contribution in [1.82, 2.24) is 0 Å². The summed E-state index contributed by atoms with van der Waals surface area (Å²) in [6.45, 7) is 12.4. The topological polar surface area (TPSA) is 80.0 Å². The van der Waals surface area contributed by atoms with Gasteiger partial charge in [0.1, 0.15) is 23.3 Å². The minimum atomic E-state index is -0.893. The van der Waals surface area contributed by atoms with E-state index in [1.54, 1.807) is 24.3 Å². The van der Waals surface area contributed by atoms with Gasteiger partial charge in [-0.15, -0.1) is 0 Å². The largest absolute Gasteiger partial charge is 0.507 e. The monoisotopic (exact) mass is 473 g/mol. The molecule has 1 amide bonds. The van der Waals surface area contributed by atoms with E-state index >= 15 is 0 Å². The van der Waals surface area contributed by atoms with Crippen LogP contribution in [0.15, 0.2) is 64.8 Å². The van der Waals surface area contributed by atoms with Gasteiger partial charge < -0.3 is 14.3 Å². The number of carbonyl (C=O) groups excluding carboxylic acids is 2. The van der Waals surface area contributed by atoms with E-state index in [0.29, 0.717) is 23.6 Å². The van der Waals surface area contributed by atoms with E-state index in [2.05, 4.69) is 20.8 Å². The molecule has 1 unspecified atom stereocenters. The molecule has 1 aliphatic heterocycles. The van der Waals surface area contributed by atoms with Gasteiger partial charge in [-0.05, 0) is 73.7 Å². The van der Waals surface area contributed by atoms with Gasteiger partial charge in [0.15, 0.2) is 0 Å². The Morgan fingerprint density at radius 2 is 1.83 bits per heavy atom. The van der Waals surface area contributed by atoms with Crippen LogP contribution in [0.4, 0.5) is 5.69 Å². The highest BCUT2D eigenvalue weighted by atomic mass is 16.5. The zero-order chi connectivity index (χ0) is 25.5. The number of amides is 1. The molecule has 1 saturated heterocycles. The number of ether oxygens (including phenoxy) is 1. The van der Waals surface area contributed by atoms with E-state index in [0.717, 1.165) is 22.4 Å². The van der Waals surface area contributed by atoms with Gasteiger partial charge in [-0.1, -0.05) is 32.9 Å². The van der Waals surface area contributed by atoms with E-state index in [9.17, 15) is 14.7 Å². The van der Waals surface area contributed by atoms with E-state index in [4.69, 9.17) is 9.15 Å². The van der Waals surface area contributed by atoms with Crippen LogP contribution in [-0.2, 0) is 15.0 Å². The maximum absolute atomic E-state index is 13.4. The van der Waals surface area contributed by atoms with Crippen LogP contribution in [0, 0.1) is 13.8 Å². The van der Waals surface area contributed by atoms with Gasteiger partial charge in [0.2, 0.25) is 0 Å². The van der Waals surface area contributed by atoms with Crippen molar-refractivity contribution >= 4 is 23.1 Å². The van der Waals surface area contributed by atoms with E-state index in [-0.39, 0.29) is 16.7 Å². The van der Waals surface area contributed by atoms with Crippen molar-refractivity contribution in [3.8, 4) is 5.75 Å². The first-order valence-corrected chi connectivity index (χ1v) is 11.7. The molecule has 4 rings (SSSR count). The summed E-state index contributed by atoms with van der Waals surface area (Å²) < 4.78 is 11.5. The molecular weight excluding hydrogens is 442 g/mol. The van der Waals surface area contributed by atoms with Crippen LogP contribution in [0.2, 0.25) is 0 Å². The van der Waals surface area contributed by atoms with E-state index < -0.39 is 17.7 Å². The van der Waals surface area contributed by atoms with Crippen LogP contribution in [0.1, 0.15) is 61.8 Å². The summed E-state index contributed by atoms with van der Waals surface area (Å²) in [5.74, 6) is -0.589. The van der Waals surface area contributed by atoms with Crippen molar-refractivity contribution in [2.45, 2.75) is 53.0 Å². The number of aryl methyl sites for hydroxylation is 2. The molecule has 1 atom stereocenters. The summed E-state index contributed by atoms with van der Waals surface area (Å²) in [4.78, 5) is 28.2. The third-order valence-corrected chi connectivity index (χ3v) is 6.24. The molecule has 1 N–H and O–H groups in total. The Morgan fingerprint density at radius 1 is 1.09 bits per heavy atom. The highest BCUT2D eigenvalue weighted by Gasteiger charge is 2.48. The number of carbonyl (C=O) groups is 2. The summed E-state index contributed by atoms with van der Waals surface area (Å²) in [5, 5.41) is 11.5. The highest BCUT2D eigenvalue weighted by molar-refractivity contribution is 6.51. The number of aliphatic hydroxyl groups excluding tert-OH is 1. The number of ketones is 1. The Kier molecular flexibility index (Phi) is 6.32. The first-order valence-electron chi connectivity index (χ1n) is 11.7. The van der Waals surface area contributed by atoms with Crippen LogP contribution < -0.4 is 9.64 Å². The number of rotatable bonds is 5. The molecule has 182 valence electrons. The van der Waals surface area contributed by atoms with Crippen molar-refractivity contribution in [2.75, 3.05) is 11.5 Å².